The number of urea groups is 1. The number of allylic oxidation sites excluding steroid dienone is 1. The van der Waals surface area contributed by atoms with Crippen molar-refractivity contribution in [3.05, 3.63) is 41.5 Å². The van der Waals surface area contributed by atoms with Crippen molar-refractivity contribution in [1.82, 2.24) is 5.32 Å². The van der Waals surface area contributed by atoms with Crippen LogP contribution in [0.15, 0.2) is 30.4 Å². The Morgan fingerprint density at radius 3 is 2.69 bits per heavy atom. The molecule has 134 valence electrons. The largest absolute Gasteiger partial charge is 0.490 e. The summed E-state index contributed by atoms with van der Waals surface area (Å²) in [6.45, 7) is 5.94. The van der Waals surface area contributed by atoms with Crippen molar-refractivity contribution in [2.24, 2.45) is 5.73 Å². The second kappa shape index (κ2) is 10.2. The van der Waals surface area contributed by atoms with E-state index >= 15 is 0 Å². The Labute approximate surface area is 152 Å². The summed E-state index contributed by atoms with van der Waals surface area (Å²) in [6.07, 6.45) is 8.69. The maximum absolute atomic E-state index is 11.8. The molecule has 0 radical (unpaired) electrons. The molecule has 3 N–H and O–H groups in total. The van der Waals surface area contributed by atoms with Gasteiger partial charge in [0, 0.05) is 5.56 Å². The van der Waals surface area contributed by atoms with Gasteiger partial charge in [-0.2, -0.15) is 5.26 Å². The molecule has 0 aromatic heterocycles. The lowest BCUT2D eigenvalue weighted by molar-refractivity contribution is -0.115. The third kappa shape index (κ3) is 5.73. The van der Waals surface area contributed by atoms with E-state index in [4.69, 9.17) is 26.9 Å². The number of benzene rings is 1. The molecule has 1 rings (SSSR count). The van der Waals surface area contributed by atoms with Gasteiger partial charge in [0.25, 0.3) is 5.91 Å². The summed E-state index contributed by atoms with van der Waals surface area (Å²) in [7, 11) is 0. The highest BCUT2D eigenvalue weighted by Gasteiger charge is 2.15. The van der Waals surface area contributed by atoms with Gasteiger partial charge < -0.3 is 15.2 Å². The molecule has 0 atom stereocenters. The fourth-order valence-corrected chi connectivity index (χ4v) is 2.11. The number of primary amides is 1. The second-order valence-corrected chi connectivity index (χ2v) is 4.91. The molecule has 0 aliphatic rings. The number of ether oxygens (including phenoxy) is 2. The van der Waals surface area contributed by atoms with E-state index in [1.807, 2.05) is 12.2 Å². The molecule has 0 aliphatic carbocycles. The summed E-state index contributed by atoms with van der Waals surface area (Å²) >= 11 is 0. The van der Waals surface area contributed by atoms with Crippen molar-refractivity contribution in [2.75, 3.05) is 13.2 Å². The Morgan fingerprint density at radius 2 is 2.15 bits per heavy atom. The minimum Gasteiger partial charge on any atom is -0.490 e. The van der Waals surface area contributed by atoms with Gasteiger partial charge in [-0.25, -0.2) is 4.79 Å². The number of hydrogen-bond donors (Lipinski definition) is 2. The molecule has 0 aliphatic heterocycles. The average Bonchev–Trinajstić information content (AvgIpc) is 2.58. The van der Waals surface area contributed by atoms with Crippen molar-refractivity contribution in [1.29, 1.82) is 5.26 Å². The summed E-state index contributed by atoms with van der Waals surface area (Å²) in [4.78, 5) is 22.6. The zero-order chi connectivity index (χ0) is 19.5. The first-order chi connectivity index (χ1) is 12.5. The van der Waals surface area contributed by atoms with Crippen LogP contribution in [-0.4, -0.2) is 25.2 Å². The van der Waals surface area contributed by atoms with Gasteiger partial charge in [0.15, 0.2) is 11.5 Å². The first-order valence-corrected chi connectivity index (χ1v) is 7.66. The summed E-state index contributed by atoms with van der Waals surface area (Å²) < 4.78 is 11.2. The summed E-state index contributed by atoms with van der Waals surface area (Å²) in [5, 5.41) is 11.0. The van der Waals surface area contributed by atoms with Crippen molar-refractivity contribution in [3.8, 4) is 29.9 Å². The van der Waals surface area contributed by atoms with Gasteiger partial charge in [0.05, 0.1) is 6.61 Å². The number of imide groups is 1. The minimum atomic E-state index is -1.04. The predicted molar refractivity (Wildman–Crippen MR) is 97.2 cm³/mol. The monoisotopic (exact) mass is 353 g/mol. The molecule has 26 heavy (non-hydrogen) atoms. The van der Waals surface area contributed by atoms with Crippen LogP contribution in [-0.2, 0) is 11.2 Å². The first kappa shape index (κ1) is 20.3. The van der Waals surface area contributed by atoms with Gasteiger partial charge in [-0.1, -0.05) is 12.0 Å². The second-order valence-electron chi connectivity index (χ2n) is 4.91. The number of carbonyl (C=O) groups excluding carboxylic acids is 2. The predicted octanol–water partition coefficient (Wildman–Crippen LogP) is 1.93. The van der Waals surface area contributed by atoms with E-state index < -0.39 is 11.9 Å². The number of rotatable bonds is 8. The summed E-state index contributed by atoms with van der Waals surface area (Å²) in [5.74, 6) is 2.39. The highest BCUT2D eigenvalue weighted by atomic mass is 16.5. The molecule has 3 amide bonds. The molecule has 0 bridgehead atoms. The van der Waals surface area contributed by atoms with Crippen LogP contribution in [0.3, 0.4) is 0 Å². The zero-order valence-corrected chi connectivity index (χ0v) is 14.4. The fourth-order valence-electron chi connectivity index (χ4n) is 2.11. The molecule has 7 heteroatoms. The molecule has 7 nitrogen and oxygen atoms in total. The fraction of sp³-hybridized carbons (Fsp3) is 0.211. The van der Waals surface area contributed by atoms with E-state index in [0.29, 0.717) is 30.1 Å². The van der Waals surface area contributed by atoms with Crippen LogP contribution in [0, 0.1) is 23.7 Å². The van der Waals surface area contributed by atoms with E-state index in [1.54, 1.807) is 24.3 Å². The van der Waals surface area contributed by atoms with E-state index in [1.165, 1.54) is 6.08 Å². The standard InChI is InChI=1S/C19H19N3O4/c1-4-7-14-9-13(10-15(12-20)18(23)22-19(21)24)11-16(25-6-3)17(14)26-8-5-2/h2,4,9-11H,1,6-8H2,3H3,(H3,21,22,23,24)/b15-10-. The van der Waals surface area contributed by atoms with Crippen LogP contribution >= 0.6 is 0 Å². The lowest BCUT2D eigenvalue weighted by Gasteiger charge is -2.15. The lowest BCUT2D eigenvalue weighted by Crippen LogP contribution is -2.35. The minimum absolute atomic E-state index is 0.0594. The van der Waals surface area contributed by atoms with Crippen molar-refractivity contribution >= 4 is 18.0 Å². The van der Waals surface area contributed by atoms with Gasteiger partial charge in [0.1, 0.15) is 18.2 Å². The topological polar surface area (TPSA) is 114 Å². The van der Waals surface area contributed by atoms with Crippen LogP contribution < -0.4 is 20.5 Å². The first-order valence-electron chi connectivity index (χ1n) is 7.66. The maximum Gasteiger partial charge on any atom is 0.319 e. The normalized spacial score (nSPS) is 10.2. The Balaban J connectivity index is 3.42. The zero-order valence-electron chi connectivity index (χ0n) is 14.4. The van der Waals surface area contributed by atoms with Crippen LogP contribution in [0.5, 0.6) is 11.5 Å². The highest BCUT2D eigenvalue weighted by Crippen LogP contribution is 2.34. The van der Waals surface area contributed by atoms with Gasteiger partial charge in [0.2, 0.25) is 0 Å². The Morgan fingerprint density at radius 1 is 1.42 bits per heavy atom. The Hall–Kier alpha value is -3.71. The maximum atomic E-state index is 11.8. The molecule has 0 heterocycles. The van der Waals surface area contributed by atoms with Gasteiger partial charge in [-0.15, -0.1) is 13.0 Å². The van der Waals surface area contributed by atoms with Crippen molar-refractivity contribution < 1.29 is 19.1 Å². The molecule has 1 aromatic rings. The number of amides is 3. The number of carbonyl (C=O) groups is 2. The summed E-state index contributed by atoms with van der Waals surface area (Å²) in [6, 6.07) is 4.01. The molecular weight excluding hydrogens is 334 g/mol. The number of terminal acetylenes is 1. The molecule has 0 saturated heterocycles. The van der Waals surface area contributed by atoms with Crippen LogP contribution in [0.1, 0.15) is 18.1 Å². The quantitative estimate of drug-likeness (QED) is 0.321. The van der Waals surface area contributed by atoms with Crippen LogP contribution in [0.2, 0.25) is 0 Å². The van der Waals surface area contributed by atoms with Gasteiger partial charge >= 0.3 is 6.03 Å². The molecule has 0 saturated carbocycles. The molecule has 0 spiro atoms. The lowest BCUT2D eigenvalue weighted by atomic mass is 10.0. The van der Waals surface area contributed by atoms with E-state index in [2.05, 4.69) is 12.5 Å². The number of nitrogens with one attached hydrogen (secondary N) is 1. The highest BCUT2D eigenvalue weighted by molar-refractivity contribution is 6.08. The van der Waals surface area contributed by atoms with E-state index in [-0.39, 0.29) is 12.2 Å². The van der Waals surface area contributed by atoms with E-state index in [9.17, 15) is 9.59 Å². The van der Waals surface area contributed by atoms with Crippen molar-refractivity contribution in [2.45, 2.75) is 13.3 Å². The molecule has 0 unspecified atom stereocenters. The number of nitrogens with two attached hydrogens (primary N) is 1. The molecular formula is C19H19N3O4. The smallest absolute Gasteiger partial charge is 0.319 e. The average molecular weight is 353 g/mol. The van der Waals surface area contributed by atoms with Gasteiger partial charge in [-0.3, -0.25) is 10.1 Å². The third-order valence-corrected chi connectivity index (χ3v) is 3.03. The number of nitrogens with zero attached hydrogens (tertiary/aromatic N) is 1. The van der Waals surface area contributed by atoms with Gasteiger partial charge in [-0.05, 0) is 37.1 Å². The summed E-state index contributed by atoms with van der Waals surface area (Å²) in [5.41, 5.74) is 5.85. The Bertz CT molecular complexity index is 813. The third-order valence-electron chi connectivity index (χ3n) is 3.03. The molecule has 0 fully saturated rings. The molecule has 1 aromatic carbocycles. The number of nitriles is 1. The number of hydrogen-bond acceptors (Lipinski definition) is 5. The Kier molecular flexibility index (Phi) is 7.99. The van der Waals surface area contributed by atoms with Crippen LogP contribution in [0.25, 0.3) is 6.08 Å². The van der Waals surface area contributed by atoms with Crippen LogP contribution in [0.4, 0.5) is 4.79 Å². The van der Waals surface area contributed by atoms with Crippen molar-refractivity contribution in [3.63, 3.8) is 0 Å². The van der Waals surface area contributed by atoms with E-state index in [0.717, 1.165) is 5.56 Å². The SMILES string of the molecule is C#CCOc1c(CC=C)cc(/C=C(/C#N)C(=O)NC(N)=O)cc1OCC.